The molecule has 2 N–H and O–H groups in total. The number of aromatic nitrogens is 1. The molecule has 1 saturated carbocycles. The Labute approximate surface area is 175 Å². The maximum absolute atomic E-state index is 12.6. The SMILES string of the molecule is Cc1ccc(Oc2ccc(NC(=O)c3cccc(S(=O)(=O)NC4CC4)c3)cn2)cc1. The van der Waals surface area contributed by atoms with Crippen LogP contribution in [0.25, 0.3) is 0 Å². The van der Waals surface area contributed by atoms with Crippen molar-refractivity contribution in [2.24, 2.45) is 0 Å². The van der Waals surface area contributed by atoms with E-state index in [0.717, 1.165) is 18.4 Å². The molecule has 0 bridgehead atoms. The molecule has 1 aliphatic rings. The molecule has 0 saturated heterocycles. The molecule has 1 amide bonds. The van der Waals surface area contributed by atoms with Crippen LogP contribution in [0.15, 0.2) is 71.8 Å². The molecule has 0 aliphatic heterocycles. The third-order valence-corrected chi connectivity index (χ3v) is 6.06. The zero-order valence-electron chi connectivity index (χ0n) is 16.3. The van der Waals surface area contributed by atoms with E-state index >= 15 is 0 Å². The third kappa shape index (κ3) is 5.03. The molecule has 1 heterocycles. The number of sulfonamides is 1. The monoisotopic (exact) mass is 423 g/mol. The van der Waals surface area contributed by atoms with E-state index in [1.165, 1.54) is 18.3 Å². The van der Waals surface area contributed by atoms with Crippen LogP contribution in [0.3, 0.4) is 0 Å². The molecular weight excluding hydrogens is 402 g/mol. The number of aryl methyl sites for hydroxylation is 1. The second-order valence-corrected chi connectivity index (χ2v) is 8.89. The van der Waals surface area contributed by atoms with Gasteiger partial charge < -0.3 is 10.1 Å². The highest BCUT2D eigenvalue weighted by Crippen LogP contribution is 2.23. The molecule has 0 radical (unpaired) electrons. The Bertz CT molecular complexity index is 1160. The molecule has 8 heteroatoms. The molecule has 2 aromatic carbocycles. The molecule has 0 spiro atoms. The number of pyridine rings is 1. The van der Waals surface area contributed by atoms with Gasteiger partial charge in [-0.2, -0.15) is 0 Å². The fraction of sp³-hybridized carbons (Fsp3) is 0.182. The van der Waals surface area contributed by atoms with Crippen molar-refractivity contribution in [3.8, 4) is 11.6 Å². The summed E-state index contributed by atoms with van der Waals surface area (Å²) >= 11 is 0. The van der Waals surface area contributed by atoms with E-state index in [0.29, 0.717) is 17.3 Å². The minimum Gasteiger partial charge on any atom is -0.439 e. The topological polar surface area (TPSA) is 97.4 Å². The van der Waals surface area contributed by atoms with E-state index in [2.05, 4.69) is 15.0 Å². The number of nitrogens with one attached hydrogen (secondary N) is 2. The van der Waals surface area contributed by atoms with Gasteiger partial charge in [0.2, 0.25) is 15.9 Å². The van der Waals surface area contributed by atoms with Crippen molar-refractivity contribution in [2.45, 2.75) is 30.7 Å². The Morgan fingerprint density at radius 2 is 1.83 bits per heavy atom. The van der Waals surface area contributed by atoms with Crippen molar-refractivity contribution in [2.75, 3.05) is 5.32 Å². The highest BCUT2D eigenvalue weighted by atomic mass is 32.2. The van der Waals surface area contributed by atoms with Crippen molar-refractivity contribution in [1.29, 1.82) is 0 Å². The van der Waals surface area contributed by atoms with Gasteiger partial charge in [0.25, 0.3) is 5.91 Å². The summed E-state index contributed by atoms with van der Waals surface area (Å²) in [7, 11) is -3.62. The van der Waals surface area contributed by atoms with Gasteiger partial charge in [-0.25, -0.2) is 18.1 Å². The quantitative estimate of drug-likeness (QED) is 0.601. The van der Waals surface area contributed by atoms with Crippen LogP contribution in [-0.4, -0.2) is 25.4 Å². The number of carbonyl (C=O) groups excluding carboxylic acids is 1. The lowest BCUT2D eigenvalue weighted by Gasteiger charge is -2.09. The largest absolute Gasteiger partial charge is 0.439 e. The van der Waals surface area contributed by atoms with Gasteiger partial charge in [0, 0.05) is 17.7 Å². The first-order chi connectivity index (χ1) is 14.4. The van der Waals surface area contributed by atoms with Gasteiger partial charge in [-0.15, -0.1) is 0 Å². The smallest absolute Gasteiger partial charge is 0.255 e. The standard InChI is InChI=1S/C22H21N3O4S/c1-15-5-10-19(11-6-15)29-21-12-9-18(14-23-21)24-22(26)16-3-2-4-20(13-16)30(27,28)25-17-7-8-17/h2-6,9-14,17,25H,7-8H2,1H3,(H,24,26). The summed E-state index contributed by atoms with van der Waals surface area (Å²) in [6.45, 7) is 1.99. The van der Waals surface area contributed by atoms with Gasteiger partial charge in [0.15, 0.2) is 0 Å². The normalized spacial score (nSPS) is 13.6. The van der Waals surface area contributed by atoms with E-state index in [9.17, 15) is 13.2 Å². The molecule has 1 aromatic heterocycles. The minimum atomic E-state index is -3.62. The predicted octanol–water partition coefficient (Wildman–Crippen LogP) is 3.88. The number of nitrogens with zero attached hydrogens (tertiary/aromatic N) is 1. The van der Waals surface area contributed by atoms with Crippen molar-refractivity contribution in [1.82, 2.24) is 9.71 Å². The van der Waals surface area contributed by atoms with Crippen LogP contribution in [0.5, 0.6) is 11.6 Å². The Morgan fingerprint density at radius 3 is 2.50 bits per heavy atom. The summed E-state index contributed by atoms with van der Waals surface area (Å²) in [4.78, 5) is 16.8. The van der Waals surface area contributed by atoms with Crippen LogP contribution >= 0.6 is 0 Å². The van der Waals surface area contributed by atoms with Gasteiger partial charge in [0.1, 0.15) is 5.75 Å². The van der Waals surface area contributed by atoms with E-state index < -0.39 is 15.9 Å². The molecule has 30 heavy (non-hydrogen) atoms. The second-order valence-electron chi connectivity index (χ2n) is 7.18. The summed E-state index contributed by atoms with van der Waals surface area (Å²) in [5.74, 6) is 0.645. The molecular formula is C22H21N3O4S. The average Bonchev–Trinajstić information content (AvgIpc) is 3.54. The number of hydrogen-bond acceptors (Lipinski definition) is 5. The number of hydrogen-bond donors (Lipinski definition) is 2. The number of amides is 1. The van der Waals surface area contributed by atoms with Crippen molar-refractivity contribution >= 4 is 21.6 Å². The maximum atomic E-state index is 12.6. The molecule has 0 atom stereocenters. The Hall–Kier alpha value is -3.23. The lowest BCUT2D eigenvalue weighted by atomic mass is 10.2. The van der Waals surface area contributed by atoms with Gasteiger partial charge in [-0.3, -0.25) is 4.79 Å². The molecule has 1 aliphatic carbocycles. The zero-order chi connectivity index (χ0) is 21.1. The highest BCUT2D eigenvalue weighted by Gasteiger charge is 2.28. The Morgan fingerprint density at radius 1 is 1.07 bits per heavy atom. The van der Waals surface area contributed by atoms with Crippen molar-refractivity contribution < 1.29 is 17.9 Å². The Balaban J connectivity index is 1.42. The number of anilines is 1. The van der Waals surface area contributed by atoms with E-state index in [4.69, 9.17) is 4.74 Å². The van der Waals surface area contributed by atoms with E-state index in [1.807, 2.05) is 31.2 Å². The number of rotatable bonds is 7. The number of benzene rings is 2. The number of ether oxygens (including phenoxy) is 1. The summed E-state index contributed by atoms with van der Waals surface area (Å²) in [5.41, 5.74) is 1.85. The van der Waals surface area contributed by atoms with Crippen LogP contribution in [-0.2, 0) is 10.0 Å². The predicted molar refractivity (Wildman–Crippen MR) is 113 cm³/mol. The van der Waals surface area contributed by atoms with Gasteiger partial charge in [0.05, 0.1) is 16.8 Å². The minimum absolute atomic E-state index is 0.000741. The first-order valence-electron chi connectivity index (χ1n) is 9.53. The first-order valence-corrected chi connectivity index (χ1v) is 11.0. The van der Waals surface area contributed by atoms with Gasteiger partial charge >= 0.3 is 0 Å². The highest BCUT2D eigenvalue weighted by molar-refractivity contribution is 7.89. The summed E-state index contributed by atoms with van der Waals surface area (Å²) in [6, 6.07) is 16.9. The van der Waals surface area contributed by atoms with Gasteiger partial charge in [-0.05, 0) is 56.2 Å². The fourth-order valence-corrected chi connectivity index (χ4v) is 4.09. The van der Waals surface area contributed by atoms with Crippen LogP contribution in [0.2, 0.25) is 0 Å². The number of carbonyl (C=O) groups is 1. The third-order valence-electron chi connectivity index (χ3n) is 4.54. The van der Waals surface area contributed by atoms with Crippen LogP contribution in [0, 0.1) is 6.92 Å². The van der Waals surface area contributed by atoms with Crippen LogP contribution in [0.4, 0.5) is 5.69 Å². The van der Waals surface area contributed by atoms with E-state index in [1.54, 1.807) is 24.3 Å². The summed E-state index contributed by atoms with van der Waals surface area (Å²) in [5, 5.41) is 2.72. The molecule has 0 unspecified atom stereocenters. The Kier molecular flexibility index (Phi) is 5.52. The lowest BCUT2D eigenvalue weighted by molar-refractivity contribution is 0.102. The van der Waals surface area contributed by atoms with Crippen LogP contribution < -0.4 is 14.8 Å². The molecule has 4 rings (SSSR count). The first kappa shape index (κ1) is 20.1. The van der Waals surface area contributed by atoms with Gasteiger partial charge in [-0.1, -0.05) is 23.8 Å². The summed E-state index contributed by atoms with van der Waals surface area (Å²) < 4.78 is 33.0. The maximum Gasteiger partial charge on any atom is 0.255 e. The fourth-order valence-electron chi connectivity index (χ4n) is 2.74. The van der Waals surface area contributed by atoms with Crippen molar-refractivity contribution in [3.63, 3.8) is 0 Å². The van der Waals surface area contributed by atoms with E-state index in [-0.39, 0.29) is 16.5 Å². The zero-order valence-corrected chi connectivity index (χ0v) is 17.1. The van der Waals surface area contributed by atoms with Crippen molar-refractivity contribution in [3.05, 3.63) is 78.0 Å². The molecule has 154 valence electrons. The molecule has 3 aromatic rings. The second kappa shape index (κ2) is 8.25. The molecule has 1 fully saturated rings. The van der Waals surface area contributed by atoms with Crippen LogP contribution in [0.1, 0.15) is 28.8 Å². The molecule has 7 nitrogen and oxygen atoms in total. The summed E-state index contributed by atoms with van der Waals surface area (Å²) in [6.07, 6.45) is 3.17. The lowest BCUT2D eigenvalue weighted by Crippen LogP contribution is -2.26. The average molecular weight is 423 g/mol.